The fourth-order valence-electron chi connectivity index (χ4n) is 2.84. The highest BCUT2D eigenvalue weighted by Crippen LogP contribution is 2.30. The molecule has 0 bridgehead atoms. The van der Waals surface area contributed by atoms with Crippen molar-refractivity contribution in [3.63, 3.8) is 0 Å². The SMILES string of the molecule is CC(C)(C)NC(=O)OCCN1C(=O)CC[C@H]1C(O)c1ccc(F)cc1. The van der Waals surface area contributed by atoms with E-state index in [9.17, 15) is 19.1 Å². The number of halogens is 1. The minimum atomic E-state index is -0.907. The van der Waals surface area contributed by atoms with Crippen molar-refractivity contribution in [1.29, 1.82) is 0 Å². The monoisotopic (exact) mass is 352 g/mol. The zero-order valence-electron chi connectivity index (χ0n) is 14.8. The Morgan fingerprint density at radius 2 is 2.04 bits per heavy atom. The Bertz CT molecular complexity index is 612. The van der Waals surface area contributed by atoms with Gasteiger partial charge in [-0.3, -0.25) is 4.79 Å². The van der Waals surface area contributed by atoms with E-state index < -0.39 is 23.8 Å². The summed E-state index contributed by atoms with van der Waals surface area (Å²) >= 11 is 0. The summed E-state index contributed by atoms with van der Waals surface area (Å²) in [4.78, 5) is 25.3. The molecule has 0 aromatic heterocycles. The number of nitrogens with zero attached hydrogens (tertiary/aromatic N) is 1. The van der Waals surface area contributed by atoms with E-state index in [4.69, 9.17) is 4.74 Å². The molecule has 1 heterocycles. The van der Waals surface area contributed by atoms with Crippen molar-refractivity contribution >= 4 is 12.0 Å². The molecular formula is C18H25FN2O4. The van der Waals surface area contributed by atoms with Gasteiger partial charge in [-0.05, 0) is 44.9 Å². The topological polar surface area (TPSA) is 78.9 Å². The Kier molecular flexibility index (Phi) is 6.00. The summed E-state index contributed by atoms with van der Waals surface area (Å²) in [6.07, 6.45) is -0.618. The molecule has 2 amide bonds. The molecule has 1 unspecified atom stereocenters. The van der Waals surface area contributed by atoms with E-state index in [1.807, 2.05) is 20.8 Å². The lowest BCUT2D eigenvalue weighted by molar-refractivity contribution is -0.131. The van der Waals surface area contributed by atoms with Gasteiger partial charge < -0.3 is 20.1 Å². The Morgan fingerprint density at radius 1 is 1.40 bits per heavy atom. The minimum absolute atomic E-state index is 0.0420. The lowest BCUT2D eigenvalue weighted by Crippen LogP contribution is -2.43. The van der Waals surface area contributed by atoms with E-state index in [-0.39, 0.29) is 24.9 Å². The highest BCUT2D eigenvalue weighted by atomic mass is 19.1. The summed E-state index contributed by atoms with van der Waals surface area (Å²) in [6.45, 7) is 5.77. The molecule has 6 nitrogen and oxygen atoms in total. The first-order chi connectivity index (χ1) is 11.7. The van der Waals surface area contributed by atoms with Crippen LogP contribution < -0.4 is 5.32 Å². The standard InChI is InChI=1S/C18H25FN2O4/c1-18(2,3)20-17(24)25-11-10-21-14(8-9-15(21)22)16(23)12-4-6-13(19)7-5-12/h4-7,14,16,23H,8-11H2,1-3H3,(H,20,24)/t14-,16?/m0/s1. The maximum Gasteiger partial charge on any atom is 0.407 e. The highest BCUT2D eigenvalue weighted by molar-refractivity contribution is 5.79. The van der Waals surface area contributed by atoms with Crippen LogP contribution in [0.3, 0.4) is 0 Å². The molecule has 2 N–H and O–H groups in total. The number of carbonyl (C=O) groups is 2. The maximum absolute atomic E-state index is 13.0. The van der Waals surface area contributed by atoms with E-state index in [1.54, 1.807) is 0 Å². The minimum Gasteiger partial charge on any atom is -0.448 e. The molecule has 1 aliphatic rings. The van der Waals surface area contributed by atoms with Crippen molar-refractivity contribution in [1.82, 2.24) is 10.2 Å². The van der Waals surface area contributed by atoms with E-state index in [1.165, 1.54) is 29.2 Å². The number of likely N-dealkylation sites (tertiary alicyclic amines) is 1. The first kappa shape index (κ1) is 19.2. The van der Waals surface area contributed by atoms with Crippen molar-refractivity contribution in [3.05, 3.63) is 35.6 Å². The molecule has 1 aromatic carbocycles. The number of nitrogens with one attached hydrogen (secondary N) is 1. The molecule has 0 saturated carbocycles. The van der Waals surface area contributed by atoms with Crippen LogP contribution in [0, 0.1) is 5.82 Å². The Hall–Kier alpha value is -2.15. The van der Waals surface area contributed by atoms with Gasteiger partial charge in [0.15, 0.2) is 0 Å². The number of ether oxygens (including phenoxy) is 1. The average Bonchev–Trinajstić information content (AvgIpc) is 2.87. The highest BCUT2D eigenvalue weighted by Gasteiger charge is 2.36. The predicted molar refractivity (Wildman–Crippen MR) is 90.3 cm³/mol. The van der Waals surface area contributed by atoms with Crippen LogP contribution in [0.4, 0.5) is 9.18 Å². The van der Waals surface area contributed by atoms with Crippen LogP contribution in [0.2, 0.25) is 0 Å². The molecule has 1 aromatic rings. The first-order valence-electron chi connectivity index (χ1n) is 8.35. The van der Waals surface area contributed by atoms with Crippen LogP contribution in [0.15, 0.2) is 24.3 Å². The average molecular weight is 352 g/mol. The number of hydrogen-bond donors (Lipinski definition) is 2. The molecule has 1 saturated heterocycles. The van der Waals surface area contributed by atoms with Crippen molar-refractivity contribution < 1.29 is 23.8 Å². The van der Waals surface area contributed by atoms with Crippen molar-refractivity contribution in [2.45, 2.75) is 51.3 Å². The molecule has 7 heteroatoms. The number of alkyl carbamates (subject to hydrolysis) is 1. The fraction of sp³-hybridized carbons (Fsp3) is 0.556. The van der Waals surface area contributed by atoms with Crippen LogP contribution in [-0.2, 0) is 9.53 Å². The van der Waals surface area contributed by atoms with Gasteiger partial charge in [0.25, 0.3) is 0 Å². The molecule has 2 rings (SSSR count). The zero-order valence-corrected chi connectivity index (χ0v) is 14.8. The zero-order chi connectivity index (χ0) is 18.6. The van der Waals surface area contributed by atoms with Crippen LogP contribution in [0.25, 0.3) is 0 Å². The Balaban J connectivity index is 1.92. The van der Waals surface area contributed by atoms with Crippen molar-refractivity contribution in [2.75, 3.05) is 13.2 Å². The second-order valence-corrected chi connectivity index (χ2v) is 7.20. The summed E-state index contributed by atoms with van der Waals surface area (Å²) < 4.78 is 18.1. The van der Waals surface area contributed by atoms with Crippen molar-refractivity contribution in [2.24, 2.45) is 0 Å². The molecule has 1 aliphatic heterocycles. The number of benzene rings is 1. The summed E-state index contributed by atoms with van der Waals surface area (Å²) in [5, 5.41) is 13.2. The number of amides is 2. The summed E-state index contributed by atoms with van der Waals surface area (Å²) in [5.41, 5.74) is 0.152. The van der Waals surface area contributed by atoms with Gasteiger partial charge in [-0.1, -0.05) is 12.1 Å². The summed E-state index contributed by atoms with van der Waals surface area (Å²) in [6, 6.07) is 5.16. The Labute approximate surface area is 147 Å². The maximum atomic E-state index is 13.0. The van der Waals surface area contributed by atoms with E-state index in [0.29, 0.717) is 18.4 Å². The normalized spacial score (nSPS) is 19.0. The molecule has 1 fully saturated rings. The second kappa shape index (κ2) is 7.82. The van der Waals surface area contributed by atoms with Gasteiger partial charge in [0.2, 0.25) is 5.91 Å². The lowest BCUT2D eigenvalue weighted by atomic mass is 10.0. The summed E-state index contributed by atoms with van der Waals surface area (Å²) in [5.74, 6) is -0.473. The van der Waals surface area contributed by atoms with Gasteiger partial charge in [-0.25, -0.2) is 9.18 Å². The molecular weight excluding hydrogens is 327 g/mol. The quantitative estimate of drug-likeness (QED) is 0.853. The van der Waals surface area contributed by atoms with E-state index >= 15 is 0 Å². The number of rotatable bonds is 5. The van der Waals surface area contributed by atoms with E-state index in [2.05, 4.69) is 5.32 Å². The first-order valence-corrected chi connectivity index (χ1v) is 8.35. The third kappa shape index (κ3) is 5.42. The van der Waals surface area contributed by atoms with Crippen LogP contribution in [0.1, 0.15) is 45.3 Å². The Morgan fingerprint density at radius 3 is 2.64 bits per heavy atom. The largest absolute Gasteiger partial charge is 0.448 e. The fourth-order valence-corrected chi connectivity index (χ4v) is 2.84. The molecule has 2 atom stereocenters. The molecule has 138 valence electrons. The van der Waals surface area contributed by atoms with Gasteiger partial charge in [0.1, 0.15) is 12.4 Å². The number of hydrogen-bond acceptors (Lipinski definition) is 4. The van der Waals surface area contributed by atoms with Gasteiger partial charge in [-0.2, -0.15) is 0 Å². The number of carbonyl (C=O) groups excluding carboxylic acids is 2. The smallest absolute Gasteiger partial charge is 0.407 e. The summed E-state index contributed by atoms with van der Waals surface area (Å²) in [7, 11) is 0. The van der Waals surface area contributed by atoms with Crippen molar-refractivity contribution in [3.8, 4) is 0 Å². The molecule has 0 spiro atoms. The molecule has 25 heavy (non-hydrogen) atoms. The second-order valence-electron chi connectivity index (χ2n) is 7.20. The van der Waals surface area contributed by atoms with Crippen LogP contribution in [-0.4, -0.2) is 46.7 Å². The van der Waals surface area contributed by atoms with E-state index in [0.717, 1.165) is 0 Å². The van der Waals surface area contributed by atoms with Gasteiger partial charge in [0, 0.05) is 12.0 Å². The van der Waals surface area contributed by atoms with Gasteiger partial charge in [0.05, 0.1) is 18.7 Å². The van der Waals surface area contributed by atoms with Crippen LogP contribution >= 0.6 is 0 Å². The number of aliphatic hydroxyl groups excluding tert-OH is 1. The predicted octanol–water partition coefficient (Wildman–Crippen LogP) is 2.37. The van der Waals surface area contributed by atoms with Gasteiger partial charge in [-0.15, -0.1) is 0 Å². The van der Waals surface area contributed by atoms with Gasteiger partial charge >= 0.3 is 6.09 Å². The lowest BCUT2D eigenvalue weighted by Gasteiger charge is -2.29. The number of aliphatic hydroxyl groups is 1. The third-order valence-corrected chi connectivity index (χ3v) is 3.99. The molecule has 0 radical (unpaired) electrons. The van der Waals surface area contributed by atoms with Crippen LogP contribution in [0.5, 0.6) is 0 Å². The molecule has 0 aliphatic carbocycles. The third-order valence-electron chi connectivity index (χ3n) is 3.99.